The fourth-order valence-electron chi connectivity index (χ4n) is 3.15. The van der Waals surface area contributed by atoms with Crippen LogP contribution in [0.1, 0.15) is 45.4 Å². The smallest absolute Gasteiger partial charge is 0.106 e. The predicted octanol–water partition coefficient (Wildman–Crippen LogP) is 4.77. The van der Waals surface area contributed by atoms with Crippen LogP contribution in [0.5, 0.6) is 0 Å². The minimum Gasteiger partial charge on any atom is -0.368 e. The van der Waals surface area contributed by atoms with E-state index in [0.29, 0.717) is 17.5 Å². The Hall–Kier alpha value is -2.72. The van der Waals surface area contributed by atoms with Crippen molar-refractivity contribution >= 4 is 27.3 Å². The summed E-state index contributed by atoms with van der Waals surface area (Å²) in [4.78, 5) is 11.4. The Morgan fingerprint density at radius 2 is 2.13 bits per heavy atom. The number of rotatable bonds is 7. The van der Waals surface area contributed by atoms with Gasteiger partial charge in [-0.2, -0.15) is 0 Å². The highest BCUT2D eigenvalue weighted by Crippen LogP contribution is 2.24. The third kappa shape index (κ3) is 7.18. The predicted molar refractivity (Wildman–Crippen MR) is 134 cm³/mol. The lowest BCUT2D eigenvalue weighted by Crippen LogP contribution is -2.32. The number of hydrogen-bond acceptors (Lipinski definition) is 6. The van der Waals surface area contributed by atoms with Crippen LogP contribution in [0.4, 0.5) is 5.69 Å². The van der Waals surface area contributed by atoms with Gasteiger partial charge in [0, 0.05) is 42.5 Å². The Balaban J connectivity index is 2.16. The maximum Gasteiger partial charge on any atom is 0.106 e. The largest absolute Gasteiger partial charge is 0.368 e. The molecule has 2 heterocycles. The molecule has 1 aromatic heterocycles. The lowest BCUT2D eigenvalue weighted by molar-refractivity contribution is 0.576. The molecule has 2 atom stereocenters. The lowest BCUT2D eigenvalue weighted by Gasteiger charge is -2.22. The first kappa shape index (κ1) is 24.5. The molecule has 1 aromatic rings. The zero-order valence-electron chi connectivity index (χ0n) is 19.2. The van der Waals surface area contributed by atoms with Crippen LogP contribution in [0, 0.1) is 28.5 Å². The number of allylic oxidation sites excluding steroid dienone is 3. The highest BCUT2D eigenvalue weighted by molar-refractivity contribution is 8.01. The van der Waals surface area contributed by atoms with E-state index in [1.54, 1.807) is 0 Å². The minimum absolute atomic E-state index is 0.0993. The van der Waals surface area contributed by atoms with Gasteiger partial charge in [0.05, 0.1) is 17.5 Å². The number of anilines is 1. The second kappa shape index (κ2) is 11.6. The molecule has 2 rings (SSSR count). The van der Waals surface area contributed by atoms with Gasteiger partial charge in [-0.1, -0.05) is 43.6 Å². The number of amidine groups is 1. The zero-order chi connectivity index (χ0) is 23.0. The molecular formula is C24H34N6S. The molecule has 6 nitrogen and oxygen atoms in total. The van der Waals surface area contributed by atoms with Crippen molar-refractivity contribution in [2.45, 2.75) is 53.1 Å². The first-order valence-corrected chi connectivity index (χ1v) is 11.9. The van der Waals surface area contributed by atoms with Crippen molar-refractivity contribution in [1.82, 2.24) is 9.88 Å². The van der Waals surface area contributed by atoms with Gasteiger partial charge in [-0.3, -0.25) is 20.2 Å². The number of nitrogens with one attached hydrogen (secondary N) is 3. The number of terminal acetylenes is 1. The Kier molecular flexibility index (Phi) is 9.20. The summed E-state index contributed by atoms with van der Waals surface area (Å²) in [5.74, 6) is 4.34. The molecule has 1 aliphatic rings. The van der Waals surface area contributed by atoms with E-state index in [1.807, 2.05) is 70.1 Å². The number of nitrogens with zero attached hydrogens (tertiary/aromatic N) is 3. The molecule has 166 valence electrons. The van der Waals surface area contributed by atoms with E-state index in [9.17, 15) is 0 Å². The van der Waals surface area contributed by atoms with Crippen molar-refractivity contribution in [3.05, 3.63) is 47.3 Å². The fraction of sp³-hybridized carbons (Fsp3) is 0.458. The molecule has 0 aromatic carbocycles. The van der Waals surface area contributed by atoms with Crippen molar-refractivity contribution in [2.75, 3.05) is 18.2 Å². The summed E-state index contributed by atoms with van der Waals surface area (Å²) in [6.07, 6.45) is 15.1. The average molecular weight is 439 g/mol. The quantitative estimate of drug-likeness (QED) is 0.248. The summed E-state index contributed by atoms with van der Waals surface area (Å²) in [5, 5.41) is 12.0. The van der Waals surface area contributed by atoms with E-state index in [0.717, 1.165) is 35.6 Å². The van der Waals surface area contributed by atoms with Crippen LogP contribution < -0.4 is 5.32 Å². The summed E-state index contributed by atoms with van der Waals surface area (Å²) in [6, 6.07) is 1.73. The number of aryl methyl sites for hydroxylation is 1. The van der Waals surface area contributed by atoms with Crippen LogP contribution in [0.2, 0.25) is 0 Å². The SMILES string of the molecule is C#CC(/C=C\C=C(C)C)Nc1ccnc2c1CN=C(N(C)C[S@@](=N)C(=N)C(C)C)CC2. The summed E-state index contributed by atoms with van der Waals surface area (Å²) >= 11 is 0. The van der Waals surface area contributed by atoms with Crippen molar-refractivity contribution in [1.29, 1.82) is 10.2 Å². The second-order valence-corrected chi connectivity index (χ2v) is 9.65. The number of aromatic nitrogens is 1. The lowest BCUT2D eigenvalue weighted by atomic mass is 10.1. The summed E-state index contributed by atoms with van der Waals surface area (Å²) in [7, 11) is 1.13. The Labute approximate surface area is 189 Å². The third-order valence-corrected chi connectivity index (χ3v) is 6.57. The van der Waals surface area contributed by atoms with E-state index in [1.165, 1.54) is 5.57 Å². The standard InChI is InChI=1S/C24H34N6S/c1-7-19(10-8-9-17(2)3)29-22-13-14-27-21-11-12-23(28-15-20(21)22)30(6)16-31(26)24(25)18(4)5/h1,8-10,13-14,18-19,25-26H,11-12,15-16H2,2-6H3,(H,27,29)/b10-8-,25-24?/t19?,31-/m1/s1. The van der Waals surface area contributed by atoms with Crippen LogP contribution in [0.3, 0.4) is 0 Å². The van der Waals surface area contributed by atoms with Crippen molar-refractivity contribution in [3.63, 3.8) is 0 Å². The van der Waals surface area contributed by atoms with Gasteiger partial charge in [-0.15, -0.1) is 6.42 Å². The van der Waals surface area contributed by atoms with E-state index in [4.69, 9.17) is 21.6 Å². The molecular weight excluding hydrogens is 404 g/mol. The van der Waals surface area contributed by atoms with Gasteiger partial charge in [-0.05, 0) is 37.0 Å². The number of aliphatic imine (C=N–C) groups is 1. The number of pyridine rings is 1. The van der Waals surface area contributed by atoms with Crippen LogP contribution in [0.25, 0.3) is 0 Å². The maximum absolute atomic E-state index is 8.31. The van der Waals surface area contributed by atoms with E-state index in [2.05, 4.69) is 16.2 Å². The third-order valence-electron chi connectivity index (χ3n) is 4.93. The Morgan fingerprint density at radius 3 is 2.77 bits per heavy atom. The van der Waals surface area contributed by atoms with Gasteiger partial charge in [0.15, 0.2) is 0 Å². The van der Waals surface area contributed by atoms with E-state index >= 15 is 0 Å². The summed E-state index contributed by atoms with van der Waals surface area (Å²) in [5.41, 5.74) is 4.28. The van der Waals surface area contributed by atoms with Crippen LogP contribution in [0.15, 0.2) is 41.1 Å². The second-order valence-electron chi connectivity index (χ2n) is 8.17. The number of hydrogen-bond donors (Lipinski definition) is 3. The zero-order valence-corrected chi connectivity index (χ0v) is 20.0. The summed E-state index contributed by atoms with van der Waals surface area (Å²) < 4.78 is 8.31. The molecule has 0 spiro atoms. The average Bonchev–Trinajstić information content (AvgIpc) is 2.95. The molecule has 0 bridgehead atoms. The molecule has 0 fully saturated rings. The minimum atomic E-state index is -0.837. The monoisotopic (exact) mass is 438 g/mol. The maximum atomic E-state index is 8.31. The van der Waals surface area contributed by atoms with Gasteiger partial charge in [-0.25, -0.2) is 0 Å². The topological polar surface area (TPSA) is 88.2 Å². The molecule has 3 N–H and O–H groups in total. The fourth-order valence-corrected chi connectivity index (χ4v) is 4.39. The molecule has 0 radical (unpaired) electrons. The van der Waals surface area contributed by atoms with Crippen LogP contribution in [-0.4, -0.2) is 39.7 Å². The highest BCUT2D eigenvalue weighted by Gasteiger charge is 2.19. The van der Waals surface area contributed by atoms with Crippen molar-refractivity contribution < 1.29 is 0 Å². The normalized spacial score (nSPS) is 15.3. The number of fused-ring (bicyclic) bond motifs is 1. The van der Waals surface area contributed by atoms with Gasteiger partial charge in [0.25, 0.3) is 0 Å². The van der Waals surface area contributed by atoms with Gasteiger partial charge in [0.1, 0.15) is 11.9 Å². The van der Waals surface area contributed by atoms with Gasteiger partial charge in [0.2, 0.25) is 0 Å². The Morgan fingerprint density at radius 1 is 1.39 bits per heavy atom. The van der Waals surface area contributed by atoms with Crippen LogP contribution >= 0.6 is 0 Å². The van der Waals surface area contributed by atoms with Gasteiger partial charge < -0.3 is 10.2 Å². The first-order valence-electron chi connectivity index (χ1n) is 10.5. The molecule has 1 aliphatic heterocycles. The molecule has 7 heteroatoms. The molecule has 0 saturated carbocycles. The van der Waals surface area contributed by atoms with Crippen molar-refractivity contribution in [2.24, 2.45) is 10.9 Å². The van der Waals surface area contributed by atoms with E-state index in [-0.39, 0.29) is 12.0 Å². The molecule has 0 amide bonds. The van der Waals surface area contributed by atoms with E-state index < -0.39 is 10.7 Å². The first-order chi connectivity index (χ1) is 14.7. The summed E-state index contributed by atoms with van der Waals surface area (Å²) in [6.45, 7) is 8.55. The molecule has 0 saturated heterocycles. The Bertz CT molecular complexity index is 947. The van der Waals surface area contributed by atoms with Gasteiger partial charge >= 0.3 is 0 Å². The molecule has 0 aliphatic carbocycles. The molecule has 31 heavy (non-hydrogen) atoms. The van der Waals surface area contributed by atoms with Crippen LogP contribution in [-0.2, 0) is 23.7 Å². The van der Waals surface area contributed by atoms with Crippen molar-refractivity contribution in [3.8, 4) is 12.3 Å². The highest BCUT2D eigenvalue weighted by atomic mass is 32.2. The molecule has 1 unspecified atom stereocenters.